The molecule has 7 nitrogen and oxygen atoms in total. The van der Waals surface area contributed by atoms with Crippen LogP contribution in [0.15, 0.2) is 12.4 Å². The van der Waals surface area contributed by atoms with Gasteiger partial charge in [0.15, 0.2) is 5.82 Å². The summed E-state index contributed by atoms with van der Waals surface area (Å²) in [6.07, 6.45) is 6.33. The monoisotopic (exact) mass is 245 g/mol. The molecule has 2 aliphatic rings. The van der Waals surface area contributed by atoms with Crippen LogP contribution in [0.5, 0.6) is 0 Å². The second-order valence-corrected chi connectivity index (χ2v) is 5.02. The Morgan fingerprint density at radius 2 is 2.22 bits per heavy atom. The van der Waals surface area contributed by atoms with Crippen LogP contribution < -0.4 is 0 Å². The minimum absolute atomic E-state index is 0.543. The average Bonchev–Trinajstić information content (AvgIpc) is 2.95. The molecule has 7 heteroatoms. The third-order valence-electron chi connectivity index (χ3n) is 3.64. The van der Waals surface area contributed by atoms with Gasteiger partial charge in [0.25, 0.3) is 0 Å². The maximum Gasteiger partial charge on any atom is 0.165 e. The molecule has 0 saturated heterocycles. The number of nitrogens with zero attached hydrogens (tertiary/aromatic N) is 7. The van der Waals surface area contributed by atoms with Crippen molar-refractivity contribution >= 4 is 0 Å². The summed E-state index contributed by atoms with van der Waals surface area (Å²) in [4.78, 5) is 6.72. The van der Waals surface area contributed by atoms with Crippen molar-refractivity contribution in [1.82, 2.24) is 34.7 Å². The van der Waals surface area contributed by atoms with Gasteiger partial charge >= 0.3 is 0 Å². The van der Waals surface area contributed by atoms with Gasteiger partial charge in [-0.25, -0.2) is 9.67 Å². The predicted octanol–water partition coefficient (Wildman–Crippen LogP) is 0.220. The van der Waals surface area contributed by atoms with Gasteiger partial charge in [-0.15, -0.1) is 5.10 Å². The lowest BCUT2D eigenvalue weighted by molar-refractivity contribution is 0.200. The third-order valence-corrected chi connectivity index (χ3v) is 3.64. The summed E-state index contributed by atoms with van der Waals surface area (Å²) in [5.41, 5.74) is 0. The molecule has 94 valence electrons. The lowest BCUT2D eigenvalue weighted by atomic mass is 10.3. The summed E-state index contributed by atoms with van der Waals surface area (Å²) in [6, 6.07) is 0.543. The Bertz CT molecular complexity index is 553. The first kappa shape index (κ1) is 10.2. The minimum Gasteiger partial charge on any atom is -0.333 e. The van der Waals surface area contributed by atoms with Gasteiger partial charge in [0.05, 0.1) is 19.1 Å². The normalized spacial score (nSPS) is 20.0. The van der Waals surface area contributed by atoms with Gasteiger partial charge in [-0.1, -0.05) is 0 Å². The molecular weight excluding hydrogens is 230 g/mol. The number of imidazole rings is 1. The second kappa shape index (κ2) is 3.88. The summed E-state index contributed by atoms with van der Waals surface area (Å²) in [7, 11) is 0. The summed E-state index contributed by atoms with van der Waals surface area (Å²) < 4.78 is 4.20. The highest BCUT2D eigenvalue weighted by Crippen LogP contribution is 2.34. The van der Waals surface area contributed by atoms with Crippen LogP contribution in [0, 0.1) is 0 Å². The van der Waals surface area contributed by atoms with Gasteiger partial charge in [-0.2, -0.15) is 0 Å². The Hall–Kier alpha value is -1.76. The minimum atomic E-state index is 0.543. The molecule has 3 heterocycles. The number of fused-ring (bicyclic) bond motifs is 1. The second-order valence-electron chi connectivity index (χ2n) is 5.02. The van der Waals surface area contributed by atoms with E-state index in [4.69, 9.17) is 0 Å². The van der Waals surface area contributed by atoms with Crippen LogP contribution >= 0.6 is 0 Å². The number of hydrogen-bond acceptors (Lipinski definition) is 5. The molecule has 1 aliphatic heterocycles. The molecule has 0 aromatic carbocycles. The largest absolute Gasteiger partial charge is 0.333 e. The van der Waals surface area contributed by atoms with Crippen molar-refractivity contribution < 1.29 is 0 Å². The topological polar surface area (TPSA) is 64.7 Å². The van der Waals surface area contributed by atoms with E-state index < -0.39 is 0 Å². The average molecular weight is 245 g/mol. The van der Waals surface area contributed by atoms with E-state index in [2.05, 4.69) is 30.0 Å². The first-order chi connectivity index (χ1) is 8.90. The van der Waals surface area contributed by atoms with Crippen LogP contribution in [0.1, 0.15) is 30.5 Å². The SMILES string of the molecule is c1cn2c(n1)CN(Cc1nnnn1C1CC1)CC2. The molecule has 0 N–H and O–H groups in total. The van der Waals surface area contributed by atoms with Gasteiger partial charge in [0, 0.05) is 25.5 Å². The molecule has 0 amide bonds. The first-order valence-electron chi connectivity index (χ1n) is 6.39. The maximum absolute atomic E-state index is 4.37. The van der Waals surface area contributed by atoms with E-state index in [1.165, 1.54) is 12.8 Å². The molecule has 0 unspecified atom stereocenters. The predicted molar refractivity (Wildman–Crippen MR) is 62.4 cm³/mol. The fourth-order valence-electron chi connectivity index (χ4n) is 2.48. The standard InChI is InChI=1S/C11H15N7/c1-2-9(1)18-11(13-14-15-18)8-16-5-6-17-4-3-12-10(17)7-16/h3-4,9H,1-2,5-8H2. The molecule has 4 rings (SSSR count). The molecule has 0 spiro atoms. The Kier molecular flexibility index (Phi) is 2.19. The van der Waals surface area contributed by atoms with Crippen molar-refractivity contribution in [1.29, 1.82) is 0 Å². The zero-order valence-corrected chi connectivity index (χ0v) is 10.1. The highest BCUT2D eigenvalue weighted by atomic mass is 15.6. The molecule has 1 aliphatic carbocycles. The van der Waals surface area contributed by atoms with Crippen molar-refractivity contribution in [3.8, 4) is 0 Å². The van der Waals surface area contributed by atoms with Crippen molar-refractivity contribution in [2.45, 2.75) is 38.5 Å². The van der Waals surface area contributed by atoms with Gasteiger partial charge in [0.1, 0.15) is 5.82 Å². The lowest BCUT2D eigenvalue weighted by Gasteiger charge is -2.26. The summed E-state index contributed by atoms with van der Waals surface area (Å²) in [5, 5.41) is 12.0. The van der Waals surface area contributed by atoms with Gasteiger partial charge in [-0.05, 0) is 23.3 Å². The van der Waals surface area contributed by atoms with Gasteiger partial charge in [-0.3, -0.25) is 4.90 Å². The van der Waals surface area contributed by atoms with E-state index in [9.17, 15) is 0 Å². The van der Waals surface area contributed by atoms with Crippen LogP contribution in [-0.2, 0) is 19.6 Å². The Morgan fingerprint density at radius 1 is 1.28 bits per heavy atom. The van der Waals surface area contributed by atoms with E-state index in [0.717, 1.165) is 37.8 Å². The number of tetrazole rings is 1. The van der Waals surface area contributed by atoms with Crippen molar-refractivity contribution in [3.63, 3.8) is 0 Å². The summed E-state index contributed by atoms with van der Waals surface area (Å²) in [6.45, 7) is 3.72. The zero-order valence-electron chi connectivity index (χ0n) is 10.1. The fraction of sp³-hybridized carbons (Fsp3) is 0.636. The van der Waals surface area contributed by atoms with Crippen molar-refractivity contribution in [2.75, 3.05) is 6.54 Å². The zero-order chi connectivity index (χ0) is 11.9. The van der Waals surface area contributed by atoms with Crippen LogP contribution in [0.3, 0.4) is 0 Å². The quantitative estimate of drug-likeness (QED) is 0.774. The number of rotatable bonds is 3. The molecule has 18 heavy (non-hydrogen) atoms. The van der Waals surface area contributed by atoms with E-state index in [1.807, 2.05) is 17.1 Å². The molecule has 1 fully saturated rings. The van der Waals surface area contributed by atoms with Crippen molar-refractivity contribution in [3.05, 3.63) is 24.0 Å². The molecule has 0 atom stereocenters. The van der Waals surface area contributed by atoms with E-state index >= 15 is 0 Å². The third kappa shape index (κ3) is 1.71. The summed E-state index contributed by atoms with van der Waals surface area (Å²) in [5.74, 6) is 2.12. The van der Waals surface area contributed by atoms with E-state index in [1.54, 1.807) is 0 Å². The Morgan fingerprint density at radius 3 is 3.11 bits per heavy atom. The highest BCUT2D eigenvalue weighted by molar-refractivity contribution is 4.97. The van der Waals surface area contributed by atoms with E-state index in [-0.39, 0.29) is 0 Å². The molecule has 0 bridgehead atoms. The number of hydrogen-bond donors (Lipinski definition) is 0. The molecule has 2 aromatic rings. The molecule has 2 aromatic heterocycles. The highest BCUT2D eigenvalue weighted by Gasteiger charge is 2.28. The maximum atomic E-state index is 4.37. The first-order valence-corrected chi connectivity index (χ1v) is 6.39. The Labute approximate surface area is 104 Å². The fourth-order valence-corrected chi connectivity index (χ4v) is 2.48. The number of aromatic nitrogens is 6. The lowest BCUT2D eigenvalue weighted by Crippen LogP contribution is -2.34. The van der Waals surface area contributed by atoms with Gasteiger partial charge < -0.3 is 4.57 Å². The van der Waals surface area contributed by atoms with Crippen LogP contribution in [0.4, 0.5) is 0 Å². The molecular formula is C11H15N7. The Balaban J connectivity index is 1.50. The summed E-state index contributed by atoms with van der Waals surface area (Å²) >= 11 is 0. The van der Waals surface area contributed by atoms with Crippen LogP contribution in [0.25, 0.3) is 0 Å². The smallest absolute Gasteiger partial charge is 0.165 e. The van der Waals surface area contributed by atoms with Crippen LogP contribution in [0.2, 0.25) is 0 Å². The van der Waals surface area contributed by atoms with Crippen LogP contribution in [-0.4, -0.2) is 41.2 Å². The van der Waals surface area contributed by atoms with Gasteiger partial charge in [0.2, 0.25) is 0 Å². The van der Waals surface area contributed by atoms with E-state index in [0.29, 0.717) is 6.04 Å². The molecule has 1 saturated carbocycles. The molecule has 0 radical (unpaired) electrons. The van der Waals surface area contributed by atoms with Crippen molar-refractivity contribution in [2.24, 2.45) is 0 Å².